The largest absolute Gasteiger partial charge is 0.508 e. The summed E-state index contributed by atoms with van der Waals surface area (Å²) in [6.07, 6.45) is 1.00. The molecule has 0 spiro atoms. The number of carbonyl (C=O) groups is 4. The molecule has 0 heterocycles. The minimum atomic E-state index is -1.18. The fraction of sp³-hybridized carbons (Fsp3) is 0.577. The van der Waals surface area contributed by atoms with Crippen LogP contribution in [-0.4, -0.2) is 70.6 Å². The van der Waals surface area contributed by atoms with Gasteiger partial charge in [0, 0.05) is 13.0 Å². The first kappa shape index (κ1) is 33.2. The summed E-state index contributed by atoms with van der Waals surface area (Å²) in [5, 5.41) is 26.9. The van der Waals surface area contributed by atoms with Crippen molar-refractivity contribution in [3.63, 3.8) is 0 Å². The first-order valence-electron chi connectivity index (χ1n) is 12.9. The Labute approximate surface area is 229 Å². The van der Waals surface area contributed by atoms with Crippen molar-refractivity contribution in [2.75, 3.05) is 6.54 Å². The van der Waals surface area contributed by atoms with E-state index < -0.39 is 47.9 Å². The van der Waals surface area contributed by atoms with E-state index in [9.17, 15) is 29.4 Å². The topological polar surface area (TPSA) is 235 Å². The Hall–Kier alpha value is -3.87. The molecule has 0 bridgehead atoms. The number of nitrogens with zero attached hydrogens (tertiary/aromatic N) is 1. The smallest absolute Gasteiger partial charge is 0.326 e. The lowest BCUT2D eigenvalue weighted by Crippen LogP contribution is -2.58. The molecule has 0 radical (unpaired) electrons. The molecule has 39 heavy (non-hydrogen) atoms. The number of amides is 3. The van der Waals surface area contributed by atoms with Crippen molar-refractivity contribution in [2.45, 2.75) is 77.5 Å². The fourth-order valence-corrected chi connectivity index (χ4v) is 3.75. The Morgan fingerprint density at radius 1 is 0.897 bits per heavy atom. The summed E-state index contributed by atoms with van der Waals surface area (Å²) < 4.78 is 0. The summed E-state index contributed by atoms with van der Waals surface area (Å²) in [6, 6.07) is 1.91. The Morgan fingerprint density at radius 2 is 1.46 bits per heavy atom. The highest BCUT2D eigenvalue weighted by Crippen LogP contribution is 2.13. The van der Waals surface area contributed by atoms with Crippen LogP contribution in [0.5, 0.6) is 5.75 Å². The number of phenols is 1. The zero-order valence-electron chi connectivity index (χ0n) is 23.0. The summed E-state index contributed by atoms with van der Waals surface area (Å²) >= 11 is 0. The minimum absolute atomic E-state index is 0.00726. The van der Waals surface area contributed by atoms with E-state index in [0.29, 0.717) is 18.5 Å². The molecule has 218 valence electrons. The minimum Gasteiger partial charge on any atom is -0.508 e. The molecule has 11 N–H and O–H groups in total. The van der Waals surface area contributed by atoms with E-state index in [1.807, 2.05) is 13.8 Å². The number of carboxylic acids is 1. The van der Waals surface area contributed by atoms with Crippen LogP contribution in [0.4, 0.5) is 0 Å². The van der Waals surface area contributed by atoms with Crippen molar-refractivity contribution in [2.24, 2.45) is 34.0 Å². The maximum atomic E-state index is 13.4. The zero-order valence-corrected chi connectivity index (χ0v) is 23.0. The number of carboxylic acid groups (broad SMARTS) is 1. The number of nitrogens with two attached hydrogens (primary N) is 3. The molecule has 4 atom stereocenters. The van der Waals surface area contributed by atoms with Crippen molar-refractivity contribution in [3.05, 3.63) is 29.8 Å². The van der Waals surface area contributed by atoms with Crippen LogP contribution in [0.15, 0.2) is 29.3 Å². The lowest BCUT2D eigenvalue weighted by atomic mass is 9.99. The molecule has 0 aliphatic rings. The molecule has 0 saturated carbocycles. The second-order valence-corrected chi connectivity index (χ2v) is 10.2. The van der Waals surface area contributed by atoms with Gasteiger partial charge in [-0.15, -0.1) is 0 Å². The van der Waals surface area contributed by atoms with Crippen LogP contribution >= 0.6 is 0 Å². The third-order valence-corrected chi connectivity index (χ3v) is 5.88. The number of hydrogen-bond acceptors (Lipinski definition) is 7. The Bertz CT molecular complexity index is 993. The van der Waals surface area contributed by atoms with Gasteiger partial charge in [0.25, 0.3) is 0 Å². The quantitative estimate of drug-likeness (QED) is 0.0756. The van der Waals surface area contributed by atoms with Gasteiger partial charge in [0.15, 0.2) is 5.96 Å². The number of guanidine groups is 1. The first-order valence-corrected chi connectivity index (χ1v) is 12.9. The summed E-state index contributed by atoms with van der Waals surface area (Å²) in [7, 11) is 0. The highest BCUT2D eigenvalue weighted by atomic mass is 16.4. The predicted octanol–water partition coefficient (Wildman–Crippen LogP) is -0.443. The normalized spacial score (nSPS) is 14.1. The number of aromatic hydroxyl groups is 1. The third kappa shape index (κ3) is 12.5. The summed E-state index contributed by atoms with van der Waals surface area (Å²) in [4.78, 5) is 54.7. The maximum absolute atomic E-state index is 13.4. The van der Waals surface area contributed by atoms with Crippen molar-refractivity contribution in [1.29, 1.82) is 0 Å². The molecule has 1 aromatic rings. The SMILES string of the molecule is CC(C)CC(NC(=O)C(Cc1ccc(O)cc1)NC(=O)C(N)CCCN=C(N)N)C(=O)NC(C(=O)O)C(C)C. The van der Waals surface area contributed by atoms with Gasteiger partial charge in [0.05, 0.1) is 6.04 Å². The summed E-state index contributed by atoms with van der Waals surface area (Å²) in [6.45, 7) is 7.35. The number of nitrogens with one attached hydrogen (secondary N) is 3. The lowest BCUT2D eigenvalue weighted by Gasteiger charge is -2.27. The van der Waals surface area contributed by atoms with E-state index >= 15 is 0 Å². The number of carbonyl (C=O) groups excluding carboxylic acids is 3. The van der Waals surface area contributed by atoms with Crippen molar-refractivity contribution < 1.29 is 29.4 Å². The van der Waals surface area contributed by atoms with Crippen LogP contribution in [-0.2, 0) is 25.6 Å². The average molecular weight is 550 g/mol. The van der Waals surface area contributed by atoms with Crippen LogP contribution in [0.1, 0.15) is 52.5 Å². The number of hydrogen-bond donors (Lipinski definition) is 8. The van der Waals surface area contributed by atoms with Gasteiger partial charge in [0.2, 0.25) is 17.7 Å². The molecule has 0 aromatic heterocycles. The standard InChI is InChI=1S/C26H43N7O6/c1-14(2)12-19(24(37)33-21(15(3)4)25(38)39)32-23(36)20(13-16-7-9-17(34)10-8-16)31-22(35)18(27)6-5-11-30-26(28)29/h7-10,14-15,18-21,34H,5-6,11-13,27H2,1-4H3,(H,31,35)(H,32,36)(H,33,37)(H,38,39)(H4,28,29,30). The van der Waals surface area contributed by atoms with Gasteiger partial charge in [0.1, 0.15) is 23.9 Å². The molecule has 0 aliphatic carbocycles. The van der Waals surface area contributed by atoms with Crippen molar-refractivity contribution in [1.82, 2.24) is 16.0 Å². The number of rotatable bonds is 16. The van der Waals surface area contributed by atoms with Crippen molar-refractivity contribution in [3.8, 4) is 5.75 Å². The number of benzene rings is 1. The van der Waals surface area contributed by atoms with Crippen LogP contribution in [0.25, 0.3) is 0 Å². The van der Waals surface area contributed by atoms with Gasteiger partial charge in [-0.3, -0.25) is 19.4 Å². The first-order chi connectivity index (χ1) is 18.2. The Balaban J connectivity index is 3.09. The van der Waals surface area contributed by atoms with E-state index in [2.05, 4.69) is 20.9 Å². The predicted molar refractivity (Wildman–Crippen MR) is 147 cm³/mol. The van der Waals surface area contributed by atoms with Gasteiger partial charge in [-0.05, 0) is 48.8 Å². The molecule has 13 heteroatoms. The van der Waals surface area contributed by atoms with Crippen LogP contribution in [0.2, 0.25) is 0 Å². The summed E-state index contributed by atoms with van der Waals surface area (Å²) in [5.74, 6) is -3.44. The average Bonchev–Trinajstić information content (AvgIpc) is 2.84. The molecule has 13 nitrogen and oxygen atoms in total. The van der Waals surface area contributed by atoms with Gasteiger partial charge in [-0.25, -0.2) is 4.79 Å². The van der Waals surface area contributed by atoms with E-state index in [-0.39, 0.29) is 42.8 Å². The molecule has 0 saturated heterocycles. The number of aliphatic imine (C=N–C) groups is 1. The van der Waals surface area contributed by atoms with Crippen LogP contribution in [0, 0.1) is 11.8 Å². The highest BCUT2D eigenvalue weighted by molar-refractivity contribution is 5.94. The van der Waals surface area contributed by atoms with Gasteiger partial charge >= 0.3 is 5.97 Å². The fourth-order valence-electron chi connectivity index (χ4n) is 3.75. The molecular weight excluding hydrogens is 506 g/mol. The Morgan fingerprint density at radius 3 is 1.97 bits per heavy atom. The van der Waals surface area contributed by atoms with Crippen molar-refractivity contribution >= 4 is 29.7 Å². The van der Waals surface area contributed by atoms with E-state index in [0.717, 1.165) is 0 Å². The van der Waals surface area contributed by atoms with E-state index in [4.69, 9.17) is 17.2 Å². The monoisotopic (exact) mass is 549 g/mol. The second-order valence-electron chi connectivity index (χ2n) is 10.2. The molecule has 0 fully saturated rings. The molecule has 4 unspecified atom stereocenters. The van der Waals surface area contributed by atoms with E-state index in [1.54, 1.807) is 26.0 Å². The molecule has 0 aliphatic heterocycles. The molecule has 1 aromatic carbocycles. The maximum Gasteiger partial charge on any atom is 0.326 e. The van der Waals surface area contributed by atoms with Gasteiger partial charge in [-0.2, -0.15) is 0 Å². The van der Waals surface area contributed by atoms with Crippen LogP contribution in [0.3, 0.4) is 0 Å². The second kappa shape index (κ2) is 16.2. The van der Waals surface area contributed by atoms with Crippen LogP contribution < -0.4 is 33.2 Å². The lowest BCUT2D eigenvalue weighted by molar-refractivity contribution is -0.143. The molecule has 3 amide bonds. The molecule has 1 rings (SSSR count). The number of aliphatic carboxylic acids is 1. The number of phenolic OH excluding ortho intramolecular Hbond substituents is 1. The van der Waals surface area contributed by atoms with E-state index in [1.165, 1.54) is 12.1 Å². The van der Waals surface area contributed by atoms with Gasteiger partial charge in [-0.1, -0.05) is 39.8 Å². The molecular formula is C26H43N7O6. The zero-order chi connectivity index (χ0) is 29.7. The van der Waals surface area contributed by atoms with Gasteiger partial charge < -0.3 is 43.4 Å². The summed E-state index contributed by atoms with van der Waals surface area (Å²) in [5.41, 5.74) is 17.3. The Kier molecular flexibility index (Phi) is 13.7. The third-order valence-electron chi connectivity index (χ3n) is 5.88. The highest BCUT2D eigenvalue weighted by Gasteiger charge is 2.31.